The van der Waals surface area contributed by atoms with E-state index in [2.05, 4.69) is 16.0 Å². The fourth-order valence-electron chi connectivity index (χ4n) is 5.31. The standard InChI is InChI=1S/C27H42ClFN4O5/c1-3-37-27(35)31-8-11-38-25(21-13-22(28)15-23(29)14-21)20-7-4-9-33(17-20)26(34)32-24(16-30-2)12-19-6-5-10-36-18-19/h13-15,19-20,24-25,30H,3-12,16-18H2,1-2H3,(H,31,35)(H,32,34)/t19-,20-,24+,25-/m1/s1. The zero-order valence-corrected chi connectivity index (χ0v) is 23.2. The van der Waals surface area contributed by atoms with Crippen LogP contribution in [-0.4, -0.2) is 82.7 Å². The molecule has 3 rings (SSSR count). The molecule has 2 heterocycles. The predicted molar refractivity (Wildman–Crippen MR) is 144 cm³/mol. The first-order valence-electron chi connectivity index (χ1n) is 13.7. The topological polar surface area (TPSA) is 101 Å². The third kappa shape index (κ3) is 9.87. The number of rotatable bonds is 12. The lowest BCUT2D eigenvalue weighted by Crippen LogP contribution is -2.52. The molecule has 3 amide bonds. The Labute approximate surface area is 230 Å². The molecule has 0 bridgehead atoms. The molecular formula is C27H42ClFN4O5. The molecule has 2 aliphatic rings. The van der Waals surface area contributed by atoms with Crippen molar-refractivity contribution in [3.05, 3.63) is 34.6 Å². The zero-order valence-electron chi connectivity index (χ0n) is 22.5. The second kappa shape index (κ2) is 16.1. The monoisotopic (exact) mass is 556 g/mol. The van der Waals surface area contributed by atoms with Crippen LogP contribution in [-0.2, 0) is 14.2 Å². The van der Waals surface area contributed by atoms with Crippen molar-refractivity contribution in [2.45, 2.75) is 51.2 Å². The van der Waals surface area contributed by atoms with E-state index in [-0.39, 0.29) is 42.8 Å². The molecule has 2 saturated heterocycles. The Morgan fingerprint density at radius 1 is 1.26 bits per heavy atom. The van der Waals surface area contributed by atoms with Crippen molar-refractivity contribution >= 4 is 23.7 Å². The van der Waals surface area contributed by atoms with Crippen LogP contribution in [0.1, 0.15) is 50.7 Å². The number of benzene rings is 1. The molecule has 0 aromatic heterocycles. The number of ether oxygens (including phenoxy) is 3. The first kappa shape index (κ1) is 30.4. The van der Waals surface area contributed by atoms with Crippen molar-refractivity contribution in [2.75, 3.05) is 59.7 Å². The molecule has 11 heteroatoms. The maximum Gasteiger partial charge on any atom is 0.407 e. The average molecular weight is 557 g/mol. The summed E-state index contributed by atoms with van der Waals surface area (Å²) in [7, 11) is 1.89. The van der Waals surface area contributed by atoms with E-state index in [4.69, 9.17) is 25.8 Å². The lowest BCUT2D eigenvalue weighted by molar-refractivity contribution is -0.00901. The number of halogens is 2. The van der Waals surface area contributed by atoms with Gasteiger partial charge in [0, 0.05) is 56.4 Å². The van der Waals surface area contributed by atoms with E-state index in [1.54, 1.807) is 13.0 Å². The quantitative estimate of drug-likeness (QED) is 0.335. The molecule has 9 nitrogen and oxygen atoms in total. The Morgan fingerprint density at radius 3 is 2.82 bits per heavy atom. The van der Waals surface area contributed by atoms with Crippen LogP contribution in [0.5, 0.6) is 0 Å². The number of hydrogen-bond acceptors (Lipinski definition) is 6. The highest BCUT2D eigenvalue weighted by Gasteiger charge is 2.32. The molecule has 3 N–H and O–H groups in total. The summed E-state index contributed by atoms with van der Waals surface area (Å²) >= 11 is 6.16. The molecule has 1 aromatic rings. The Balaban J connectivity index is 1.64. The first-order chi connectivity index (χ1) is 18.4. The fourth-order valence-corrected chi connectivity index (χ4v) is 5.54. The number of piperidine rings is 1. The van der Waals surface area contributed by atoms with E-state index in [0.717, 1.165) is 45.3 Å². The summed E-state index contributed by atoms with van der Waals surface area (Å²) in [6.07, 6.45) is 3.64. The number of likely N-dealkylation sites (N-methyl/N-ethyl adjacent to an activating group) is 1. The van der Waals surface area contributed by atoms with Gasteiger partial charge in [-0.25, -0.2) is 14.0 Å². The van der Waals surface area contributed by atoms with Crippen LogP contribution in [0.2, 0.25) is 5.02 Å². The van der Waals surface area contributed by atoms with E-state index in [0.29, 0.717) is 31.1 Å². The summed E-state index contributed by atoms with van der Waals surface area (Å²) in [5, 5.41) is 9.32. The van der Waals surface area contributed by atoms with Gasteiger partial charge in [-0.15, -0.1) is 0 Å². The summed E-state index contributed by atoms with van der Waals surface area (Å²) in [6, 6.07) is 4.27. The number of likely N-dealkylation sites (tertiary alicyclic amines) is 1. The van der Waals surface area contributed by atoms with Gasteiger partial charge in [-0.05, 0) is 75.8 Å². The minimum atomic E-state index is -0.516. The van der Waals surface area contributed by atoms with Crippen molar-refractivity contribution in [3.63, 3.8) is 0 Å². The van der Waals surface area contributed by atoms with Crippen LogP contribution < -0.4 is 16.0 Å². The number of carbonyl (C=O) groups is 2. The Bertz CT molecular complexity index is 869. The van der Waals surface area contributed by atoms with Crippen molar-refractivity contribution in [3.8, 4) is 0 Å². The van der Waals surface area contributed by atoms with Crippen molar-refractivity contribution < 1.29 is 28.2 Å². The van der Waals surface area contributed by atoms with E-state index >= 15 is 0 Å². The molecule has 0 aliphatic carbocycles. The summed E-state index contributed by atoms with van der Waals surface area (Å²) < 4.78 is 30.9. The molecule has 214 valence electrons. The maximum absolute atomic E-state index is 14.2. The molecule has 0 spiro atoms. The van der Waals surface area contributed by atoms with Crippen LogP contribution in [0, 0.1) is 17.7 Å². The highest BCUT2D eigenvalue weighted by atomic mass is 35.5. The van der Waals surface area contributed by atoms with Crippen LogP contribution in [0.3, 0.4) is 0 Å². The van der Waals surface area contributed by atoms with Gasteiger partial charge in [0.15, 0.2) is 0 Å². The van der Waals surface area contributed by atoms with Crippen LogP contribution in [0.4, 0.5) is 14.0 Å². The zero-order chi connectivity index (χ0) is 27.3. The average Bonchev–Trinajstić information content (AvgIpc) is 2.89. The second-order valence-electron chi connectivity index (χ2n) is 10.0. The highest BCUT2D eigenvalue weighted by molar-refractivity contribution is 6.30. The number of urea groups is 1. The third-order valence-electron chi connectivity index (χ3n) is 6.98. The van der Waals surface area contributed by atoms with Crippen molar-refractivity contribution in [1.29, 1.82) is 0 Å². The molecule has 38 heavy (non-hydrogen) atoms. The molecule has 2 fully saturated rings. The van der Waals surface area contributed by atoms with E-state index < -0.39 is 18.0 Å². The van der Waals surface area contributed by atoms with Gasteiger partial charge in [0.2, 0.25) is 0 Å². The van der Waals surface area contributed by atoms with Gasteiger partial charge in [-0.2, -0.15) is 0 Å². The normalized spacial score (nSPS) is 21.4. The van der Waals surface area contributed by atoms with Gasteiger partial charge in [0.1, 0.15) is 5.82 Å². The number of carbonyl (C=O) groups excluding carboxylic acids is 2. The summed E-state index contributed by atoms with van der Waals surface area (Å²) in [5.74, 6) is -0.0718. The smallest absolute Gasteiger partial charge is 0.407 e. The third-order valence-corrected chi connectivity index (χ3v) is 7.20. The molecule has 0 radical (unpaired) electrons. The number of alkyl carbamates (subject to hydrolysis) is 1. The summed E-state index contributed by atoms with van der Waals surface area (Å²) in [6.45, 7) is 5.80. The Morgan fingerprint density at radius 2 is 2.11 bits per heavy atom. The molecular weight excluding hydrogens is 515 g/mol. The number of hydrogen-bond donors (Lipinski definition) is 3. The minimum Gasteiger partial charge on any atom is -0.450 e. The van der Waals surface area contributed by atoms with Gasteiger partial charge in [0.05, 0.1) is 19.3 Å². The van der Waals surface area contributed by atoms with E-state index in [1.165, 1.54) is 12.1 Å². The van der Waals surface area contributed by atoms with Crippen LogP contribution in [0.15, 0.2) is 18.2 Å². The van der Waals surface area contributed by atoms with Gasteiger partial charge < -0.3 is 35.1 Å². The molecule has 2 aliphatic heterocycles. The van der Waals surface area contributed by atoms with Gasteiger partial charge in [0.25, 0.3) is 0 Å². The first-order valence-corrected chi connectivity index (χ1v) is 14.0. The Kier molecular flexibility index (Phi) is 12.9. The minimum absolute atomic E-state index is 0.00241. The van der Waals surface area contributed by atoms with Gasteiger partial charge in [-0.3, -0.25) is 0 Å². The number of amides is 3. The number of nitrogens with zero attached hydrogens (tertiary/aromatic N) is 1. The van der Waals surface area contributed by atoms with Crippen molar-refractivity contribution in [2.24, 2.45) is 11.8 Å². The number of nitrogens with one attached hydrogen (secondary N) is 3. The molecule has 0 saturated carbocycles. The molecule has 4 atom stereocenters. The highest BCUT2D eigenvalue weighted by Crippen LogP contribution is 2.34. The van der Waals surface area contributed by atoms with Crippen LogP contribution in [0.25, 0.3) is 0 Å². The predicted octanol–water partition coefficient (Wildman–Crippen LogP) is 4.11. The second-order valence-corrected chi connectivity index (χ2v) is 10.4. The summed E-state index contributed by atoms with van der Waals surface area (Å²) in [5.41, 5.74) is 0.615. The largest absolute Gasteiger partial charge is 0.450 e. The SMILES string of the molecule is CCOC(=O)NCCO[C@@H](c1cc(F)cc(Cl)c1)[C@@H]1CCCN(C(=O)N[C@H](CNC)C[C@H]2CCCOC2)C1. The Hall–Kier alpha value is -2.14. The van der Waals surface area contributed by atoms with Gasteiger partial charge >= 0.3 is 12.1 Å². The maximum atomic E-state index is 14.2. The fraction of sp³-hybridized carbons (Fsp3) is 0.704. The lowest BCUT2D eigenvalue weighted by Gasteiger charge is -2.38. The van der Waals surface area contributed by atoms with Gasteiger partial charge in [-0.1, -0.05) is 11.6 Å². The van der Waals surface area contributed by atoms with E-state index in [9.17, 15) is 14.0 Å². The molecule has 1 aromatic carbocycles. The molecule has 0 unspecified atom stereocenters. The summed E-state index contributed by atoms with van der Waals surface area (Å²) in [4.78, 5) is 26.7. The van der Waals surface area contributed by atoms with Crippen molar-refractivity contribution in [1.82, 2.24) is 20.9 Å². The van der Waals surface area contributed by atoms with E-state index in [1.807, 2.05) is 11.9 Å². The lowest BCUT2D eigenvalue weighted by atomic mass is 9.88. The van der Waals surface area contributed by atoms with Crippen LogP contribution >= 0.6 is 11.6 Å².